The van der Waals surface area contributed by atoms with Crippen molar-refractivity contribution in [2.45, 2.75) is 42.9 Å². The van der Waals surface area contributed by atoms with Crippen LogP contribution >= 0.6 is 35.2 Å². The van der Waals surface area contributed by atoms with E-state index in [2.05, 4.69) is 18.1 Å². The van der Waals surface area contributed by atoms with Gasteiger partial charge in [0.1, 0.15) is 23.3 Å². The van der Waals surface area contributed by atoms with Crippen molar-refractivity contribution in [2.75, 3.05) is 12.4 Å². The van der Waals surface area contributed by atoms with Crippen LogP contribution in [0.4, 0.5) is 0 Å². The van der Waals surface area contributed by atoms with Gasteiger partial charge in [-0.05, 0) is 18.2 Å². The number of nitrogens with zero attached hydrogens (tertiary/aromatic N) is 2. The van der Waals surface area contributed by atoms with Gasteiger partial charge in [-0.3, -0.25) is 9.09 Å². The lowest BCUT2D eigenvalue weighted by molar-refractivity contribution is -0.0543. The molecule has 0 aliphatic carbocycles. The number of phosphoric ester groups is 1. The minimum Gasteiger partial charge on any atom is -0.387 e. The summed E-state index contributed by atoms with van der Waals surface area (Å²) in [5.41, 5.74) is -0.795. The molecule has 0 saturated carbocycles. The summed E-state index contributed by atoms with van der Waals surface area (Å²) in [5.74, 6) is 0.723. The predicted octanol–water partition coefficient (Wildman–Crippen LogP) is -0.292. The van der Waals surface area contributed by atoms with Crippen molar-refractivity contribution >= 4 is 35.2 Å². The van der Waals surface area contributed by atoms with Crippen molar-refractivity contribution in [3.63, 3.8) is 0 Å². The molecule has 32 heavy (non-hydrogen) atoms. The third-order valence-corrected chi connectivity index (χ3v) is 8.63. The molecule has 1 aromatic heterocycles. The van der Waals surface area contributed by atoms with Gasteiger partial charge in [-0.2, -0.15) is 13.6 Å². The van der Waals surface area contributed by atoms with Crippen molar-refractivity contribution < 1.29 is 61.4 Å². The number of aliphatic hydroxyl groups is 2. The molecule has 1 aliphatic heterocycles. The zero-order valence-electron chi connectivity index (χ0n) is 16.2. The van der Waals surface area contributed by atoms with Crippen molar-refractivity contribution in [3.8, 4) is 0 Å². The number of phosphoric acid groups is 3. The van der Waals surface area contributed by atoms with Crippen LogP contribution in [0.3, 0.4) is 0 Å². The van der Waals surface area contributed by atoms with Crippen LogP contribution in [0.2, 0.25) is 0 Å². The molecule has 1 fully saturated rings. The topological polar surface area (TPSA) is 244 Å². The maximum Gasteiger partial charge on any atom is 0.490 e. The Balaban J connectivity index is 2.04. The monoisotopic (exact) mass is 542 g/mol. The van der Waals surface area contributed by atoms with Crippen molar-refractivity contribution in [1.82, 2.24) is 9.55 Å². The second-order valence-electron chi connectivity index (χ2n) is 6.24. The fourth-order valence-electron chi connectivity index (χ4n) is 2.45. The van der Waals surface area contributed by atoms with E-state index in [0.29, 0.717) is 5.03 Å². The van der Waals surface area contributed by atoms with E-state index in [0.717, 1.165) is 16.7 Å². The summed E-state index contributed by atoms with van der Waals surface area (Å²) in [7, 11) is -16.7. The van der Waals surface area contributed by atoms with Gasteiger partial charge in [0.05, 0.1) is 6.61 Å². The molecule has 1 aromatic rings. The first kappa shape index (κ1) is 27.8. The Bertz CT molecular complexity index is 999. The molecule has 0 aromatic carbocycles. The highest BCUT2D eigenvalue weighted by atomic mass is 32.2. The number of rotatable bonds is 11. The average molecular weight is 542 g/mol. The highest BCUT2D eigenvalue weighted by Crippen LogP contribution is 2.66. The van der Waals surface area contributed by atoms with E-state index in [1.165, 1.54) is 24.0 Å². The summed E-state index contributed by atoms with van der Waals surface area (Å²) in [4.78, 5) is 51.6. The number of aromatic nitrogens is 2. The molecule has 6 atom stereocenters. The Morgan fingerprint density at radius 1 is 1.12 bits per heavy atom. The van der Waals surface area contributed by atoms with Gasteiger partial charge < -0.3 is 34.5 Å². The minimum absolute atomic E-state index is 0.436. The van der Waals surface area contributed by atoms with Crippen molar-refractivity contribution in [2.24, 2.45) is 0 Å². The van der Waals surface area contributed by atoms with Crippen LogP contribution in [0.1, 0.15) is 19.6 Å². The van der Waals surface area contributed by atoms with Crippen LogP contribution in [0, 0.1) is 0 Å². The first-order chi connectivity index (χ1) is 14.6. The van der Waals surface area contributed by atoms with Crippen LogP contribution in [0.15, 0.2) is 22.1 Å². The van der Waals surface area contributed by atoms with Gasteiger partial charge >= 0.3 is 29.2 Å². The molecular weight excluding hydrogens is 521 g/mol. The SMILES string of the molecule is CCCSc1ccn([C@@H]2O[C@H](COP(=O)(O)OP(=O)(O)OP(=O)(O)O)[C@@H](O)[C@H]2O)c(=O)n1. The summed E-state index contributed by atoms with van der Waals surface area (Å²) < 4.78 is 51.4. The van der Waals surface area contributed by atoms with Gasteiger partial charge in [-0.25, -0.2) is 18.5 Å². The maximum absolute atomic E-state index is 12.2. The minimum atomic E-state index is -5.71. The fourth-order valence-corrected chi connectivity index (χ4v) is 6.19. The molecule has 0 amide bonds. The standard InChI is InChI=1S/C12H21N2O14P3S/c1-2-5-32-8-3-4-14(12(17)13-8)11-10(16)9(15)7(26-11)6-25-30(21,22)28-31(23,24)27-29(18,19)20/h3-4,7,9-11,15-16H,2,5-6H2,1H3,(H,21,22)(H,23,24)(H2,18,19,20)/t7-,9-,10-,11-/m1/s1. The Kier molecular flexibility index (Phi) is 9.41. The zero-order valence-corrected chi connectivity index (χ0v) is 19.7. The van der Waals surface area contributed by atoms with Crippen molar-refractivity contribution in [1.29, 1.82) is 0 Å². The molecule has 0 radical (unpaired) electrons. The smallest absolute Gasteiger partial charge is 0.387 e. The van der Waals surface area contributed by atoms with Crippen LogP contribution in [-0.2, 0) is 31.6 Å². The van der Waals surface area contributed by atoms with Crippen LogP contribution in [-0.4, -0.2) is 70.0 Å². The Morgan fingerprint density at radius 3 is 2.34 bits per heavy atom. The summed E-state index contributed by atoms with van der Waals surface area (Å²) in [5, 5.41) is 20.7. The van der Waals surface area contributed by atoms with Gasteiger partial charge in [-0.15, -0.1) is 11.8 Å². The molecular formula is C12H21N2O14P3S. The molecule has 1 aliphatic rings. The second-order valence-corrected chi connectivity index (χ2v) is 11.8. The number of hydrogen-bond donors (Lipinski definition) is 6. The lowest BCUT2D eigenvalue weighted by atomic mass is 10.1. The summed E-state index contributed by atoms with van der Waals surface area (Å²) in [6.45, 7) is 0.950. The lowest BCUT2D eigenvalue weighted by Crippen LogP contribution is -2.36. The van der Waals surface area contributed by atoms with E-state index < -0.39 is 60.3 Å². The Labute approximate surface area is 184 Å². The van der Waals surface area contributed by atoms with Gasteiger partial charge in [0.25, 0.3) is 0 Å². The molecule has 6 N–H and O–H groups in total. The highest BCUT2D eigenvalue weighted by molar-refractivity contribution is 7.99. The summed E-state index contributed by atoms with van der Waals surface area (Å²) in [6, 6.07) is 1.49. The number of thioether (sulfide) groups is 1. The zero-order chi connectivity index (χ0) is 24.3. The fraction of sp³-hybridized carbons (Fsp3) is 0.667. The van der Waals surface area contributed by atoms with E-state index in [1.54, 1.807) is 0 Å². The van der Waals surface area contributed by atoms with Crippen LogP contribution < -0.4 is 5.69 Å². The van der Waals surface area contributed by atoms with Gasteiger partial charge in [0.15, 0.2) is 6.23 Å². The average Bonchev–Trinajstić information content (AvgIpc) is 2.90. The highest BCUT2D eigenvalue weighted by Gasteiger charge is 2.46. The van der Waals surface area contributed by atoms with Gasteiger partial charge in [0.2, 0.25) is 0 Å². The van der Waals surface area contributed by atoms with Gasteiger partial charge in [-0.1, -0.05) is 6.92 Å². The second kappa shape index (κ2) is 10.8. The quantitative estimate of drug-likeness (QED) is 0.119. The molecule has 0 bridgehead atoms. The Morgan fingerprint density at radius 2 is 1.78 bits per heavy atom. The largest absolute Gasteiger partial charge is 0.490 e. The van der Waals surface area contributed by atoms with E-state index >= 15 is 0 Å². The Hall–Kier alpha value is -0.480. The molecule has 16 nitrogen and oxygen atoms in total. The number of ether oxygens (including phenoxy) is 1. The normalized spacial score (nSPS) is 27.7. The third-order valence-electron chi connectivity index (χ3n) is 3.69. The first-order valence-corrected chi connectivity index (χ1v) is 14.2. The van der Waals surface area contributed by atoms with Gasteiger partial charge in [0, 0.05) is 6.20 Å². The molecule has 1 saturated heterocycles. The molecule has 2 heterocycles. The first-order valence-electron chi connectivity index (χ1n) is 8.66. The van der Waals surface area contributed by atoms with Crippen LogP contribution in [0.25, 0.3) is 0 Å². The molecule has 0 spiro atoms. The molecule has 2 unspecified atom stereocenters. The molecule has 184 valence electrons. The van der Waals surface area contributed by atoms with E-state index in [1.807, 2.05) is 6.92 Å². The lowest BCUT2D eigenvalue weighted by Gasteiger charge is -2.19. The number of aliphatic hydroxyl groups excluding tert-OH is 2. The van der Waals surface area contributed by atoms with Crippen LogP contribution in [0.5, 0.6) is 0 Å². The predicted molar refractivity (Wildman–Crippen MR) is 105 cm³/mol. The van der Waals surface area contributed by atoms with Crippen molar-refractivity contribution in [3.05, 3.63) is 22.7 Å². The summed E-state index contributed by atoms with van der Waals surface area (Å²) >= 11 is 1.33. The molecule has 20 heteroatoms. The maximum atomic E-state index is 12.2. The summed E-state index contributed by atoms with van der Waals surface area (Å²) in [6.07, 6.45) is -4.24. The third kappa shape index (κ3) is 8.08. The molecule has 2 rings (SSSR count). The van der Waals surface area contributed by atoms with E-state index in [4.69, 9.17) is 19.4 Å². The van der Waals surface area contributed by atoms with E-state index in [-0.39, 0.29) is 0 Å². The number of hydrogen-bond acceptors (Lipinski definition) is 12. The van der Waals surface area contributed by atoms with E-state index in [9.17, 15) is 33.6 Å².